The number of amides is 2. The van der Waals surface area contributed by atoms with Crippen molar-refractivity contribution in [2.75, 3.05) is 20.3 Å². The molecule has 0 saturated carbocycles. The van der Waals surface area contributed by atoms with E-state index >= 15 is 0 Å². The number of hydrogen-bond donors (Lipinski definition) is 3. The van der Waals surface area contributed by atoms with Crippen LogP contribution in [0.4, 0.5) is 0 Å². The number of aliphatic hydroxyl groups is 1. The van der Waals surface area contributed by atoms with E-state index in [2.05, 4.69) is 15.7 Å². The molecule has 2 aromatic carbocycles. The first-order valence-electron chi connectivity index (χ1n) is 10.3. The Kier molecular flexibility index (Phi) is 8.71. The molecule has 1 heterocycles. The molecule has 0 spiro atoms. The van der Waals surface area contributed by atoms with Crippen LogP contribution < -0.4 is 15.4 Å². The average Bonchev–Trinajstić information content (AvgIpc) is 3.26. The largest absolute Gasteiger partial charge is 0.478 e. The van der Waals surface area contributed by atoms with Crippen LogP contribution >= 0.6 is 23.2 Å². The maximum Gasteiger partial charge on any atom is 0.244 e. The van der Waals surface area contributed by atoms with Crippen molar-refractivity contribution in [2.24, 2.45) is 0 Å². The summed E-state index contributed by atoms with van der Waals surface area (Å²) in [5.74, 6) is -0.337. The Hall–Kier alpha value is -3.07. The van der Waals surface area contributed by atoms with E-state index in [4.69, 9.17) is 27.9 Å². The standard InChI is InChI=1S/C23H24Cl2N4O4/c1-26-23(32)20(14-30)27-21(31)8-5-11-33-22-13-19(15-6-3-2-4-7-15)28-29(22)16-9-10-17(24)18(25)12-16/h2-4,6-7,9-10,12-13,20,30H,5,8,11,14H2,1H3,(H,26,32)(H,27,31)/t20-/m0/s1. The fraction of sp³-hybridized carbons (Fsp3) is 0.261. The van der Waals surface area contributed by atoms with Gasteiger partial charge in [0.05, 0.1) is 34.6 Å². The van der Waals surface area contributed by atoms with Crippen molar-refractivity contribution in [3.63, 3.8) is 0 Å². The van der Waals surface area contributed by atoms with Crippen molar-refractivity contribution >= 4 is 35.0 Å². The van der Waals surface area contributed by atoms with Crippen LogP contribution in [0.5, 0.6) is 5.88 Å². The van der Waals surface area contributed by atoms with Crippen LogP contribution in [0.3, 0.4) is 0 Å². The first kappa shape index (κ1) is 24.6. The van der Waals surface area contributed by atoms with E-state index in [-0.39, 0.29) is 18.9 Å². The van der Waals surface area contributed by atoms with Gasteiger partial charge in [-0.2, -0.15) is 5.10 Å². The predicted molar refractivity (Wildman–Crippen MR) is 127 cm³/mol. The number of aromatic nitrogens is 2. The van der Waals surface area contributed by atoms with Gasteiger partial charge in [0.1, 0.15) is 6.04 Å². The van der Waals surface area contributed by atoms with Gasteiger partial charge in [0.25, 0.3) is 0 Å². The highest BCUT2D eigenvalue weighted by atomic mass is 35.5. The molecule has 0 bridgehead atoms. The van der Waals surface area contributed by atoms with Gasteiger partial charge < -0.3 is 20.5 Å². The zero-order valence-electron chi connectivity index (χ0n) is 17.9. The molecule has 0 aliphatic carbocycles. The number of nitrogens with zero attached hydrogens (tertiary/aromatic N) is 2. The maximum atomic E-state index is 12.1. The van der Waals surface area contributed by atoms with Crippen LogP contribution in [0.1, 0.15) is 12.8 Å². The zero-order valence-corrected chi connectivity index (χ0v) is 19.4. The molecule has 3 N–H and O–H groups in total. The van der Waals surface area contributed by atoms with Gasteiger partial charge in [0.2, 0.25) is 17.7 Å². The summed E-state index contributed by atoms with van der Waals surface area (Å²) < 4.78 is 7.55. The third kappa shape index (κ3) is 6.47. The van der Waals surface area contributed by atoms with E-state index in [1.807, 2.05) is 36.4 Å². The van der Waals surface area contributed by atoms with Crippen molar-refractivity contribution in [3.05, 3.63) is 64.6 Å². The molecular formula is C23H24Cl2N4O4. The SMILES string of the molecule is CNC(=O)[C@H](CO)NC(=O)CCCOc1cc(-c2ccccc2)nn1-c1ccc(Cl)c(Cl)c1. The fourth-order valence-electron chi connectivity index (χ4n) is 3.06. The van der Waals surface area contributed by atoms with Crippen LogP contribution in [0.15, 0.2) is 54.6 Å². The molecule has 10 heteroatoms. The summed E-state index contributed by atoms with van der Waals surface area (Å²) in [6, 6.07) is 15.6. The lowest BCUT2D eigenvalue weighted by atomic mass is 10.2. The Morgan fingerprint density at radius 1 is 1.12 bits per heavy atom. The van der Waals surface area contributed by atoms with Crippen molar-refractivity contribution in [1.82, 2.24) is 20.4 Å². The summed E-state index contributed by atoms with van der Waals surface area (Å²) in [6.07, 6.45) is 0.519. The van der Waals surface area contributed by atoms with Gasteiger partial charge >= 0.3 is 0 Å². The lowest BCUT2D eigenvalue weighted by Gasteiger charge is -2.14. The van der Waals surface area contributed by atoms with Crippen molar-refractivity contribution in [1.29, 1.82) is 0 Å². The molecule has 2 amide bonds. The van der Waals surface area contributed by atoms with Gasteiger partial charge in [0.15, 0.2) is 0 Å². The summed E-state index contributed by atoms with van der Waals surface area (Å²) in [5, 5.41) is 19.6. The highest BCUT2D eigenvalue weighted by Crippen LogP contribution is 2.30. The molecule has 0 fully saturated rings. The maximum absolute atomic E-state index is 12.1. The second-order valence-corrected chi connectivity index (χ2v) is 7.93. The third-order valence-corrected chi connectivity index (χ3v) is 5.51. The van der Waals surface area contributed by atoms with E-state index in [1.54, 1.807) is 22.9 Å². The summed E-state index contributed by atoms with van der Waals surface area (Å²) in [5.41, 5.74) is 2.31. The molecule has 0 aliphatic heterocycles. The Balaban J connectivity index is 1.70. The monoisotopic (exact) mass is 490 g/mol. The van der Waals surface area contributed by atoms with Crippen LogP contribution in [0, 0.1) is 0 Å². The van der Waals surface area contributed by atoms with Crippen LogP contribution in [-0.4, -0.2) is 53.0 Å². The summed E-state index contributed by atoms with van der Waals surface area (Å²) in [6.45, 7) is -0.245. The molecule has 0 radical (unpaired) electrons. The van der Waals surface area contributed by atoms with Crippen molar-refractivity contribution in [2.45, 2.75) is 18.9 Å². The summed E-state index contributed by atoms with van der Waals surface area (Å²) >= 11 is 12.2. The van der Waals surface area contributed by atoms with Gasteiger partial charge in [0, 0.05) is 25.1 Å². The third-order valence-electron chi connectivity index (χ3n) is 4.77. The number of carbonyl (C=O) groups excluding carboxylic acids is 2. The van der Waals surface area contributed by atoms with Crippen molar-refractivity contribution in [3.8, 4) is 22.8 Å². The first-order valence-corrected chi connectivity index (χ1v) is 11.0. The fourth-order valence-corrected chi connectivity index (χ4v) is 3.36. The number of carbonyl (C=O) groups is 2. The van der Waals surface area contributed by atoms with Crippen molar-refractivity contribution < 1.29 is 19.4 Å². The number of hydrogen-bond acceptors (Lipinski definition) is 5. The summed E-state index contributed by atoms with van der Waals surface area (Å²) in [7, 11) is 1.44. The molecule has 1 atom stereocenters. The molecule has 3 aromatic rings. The molecule has 1 aromatic heterocycles. The molecule has 0 unspecified atom stereocenters. The molecule has 3 rings (SSSR count). The number of ether oxygens (including phenoxy) is 1. The highest BCUT2D eigenvalue weighted by Gasteiger charge is 2.18. The molecule has 33 heavy (non-hydrogen) atoms. The number of halogens is 2. The Morgan fingerprint density at radius 2 is 1.88 bits per heavy atom. The second-order valence-electron chi connectivity index (χ2n) is 7.11. The Morgan fingerprint density at radius 3 is 2.55 bits per heavy atom. The van der Waals surface area contributed by atoms with Gasteiger partial charge in [-0.05, 0) is 24.6 Å². The average molecular weight is 491 g/mol. The van der Waals surface area contributed by atoms with E-state index in [9.17, 15) is 14.7 Å². The first-order chi connectivity index (χ1) is 15.9. The Labute approximate surface area is 201 Å². The number of aliphatic hydroxyl groups excluding tert-OH is 1. The normalized spacial score (nSPS) is 11.6. The van der Waals surface area contributed by atoms with E-state index in [0.717, 1.165) is 5.56 Å². The number of rotatable bonds is 10. The molecule has 0 aliphatic rings. The lowest BCUT2D eigenvalue weighted by Crippen LogP contribution is -2.47. The minimum Gasteiger partial charge on any atom is -0.478 e. The van der Waals surface area contributed by atoms with Gasteiger partial charge in [-0.3, -0.25) is 9.59 Å². The van der Waals surface area contributed by atoms with E-state index in [1.165, 1.54) is 7.05 Å². The zero-order chi connectivity index (χ0) is 23.8. The van der Waals surface area contributed by atoms with E-state index < -0.39 is 18.6 Å². The number of likely N-dealkylation sites (N-methyl/N-ethyl adjacent to an activating group) is 1. The number of nitrogens with one attached hydrogen (secondary N) is 2. The lowest BCUT2D eigenvalue weighted by molar-refractivity contribution is -0.129. The van der Waals surface area contributed by atoms with Crippen LogP contribution in [0.2, 0.25) is 10.0 Å². The molecule has 174 valence electrons. The topological polar surface area (TPSA) is 105 Å². The number of benzene rings is 2. The minimum atomic E-state index is -0.979. The van der Waals surface area contributed by atoms with Crippen LogP contribution in [0.25, 0.3) is 16.9 Å². The van der Waals surface area contributed by atoms with Crippen LogP contribution in [-0.2, 0) is 9.59 Å². The van der Waals surface area contributed by atoms with E-state index in [0.29, 0.717) is 33.7 Å². The van der Waals surface area contributed by atoms with Gasteiger partial charge in [-0.15, -0.1) is 0 Å². The molecule has 0 saturated heterocycles. The Bertz CT molecular complexity index is 1110. The minimum absolute atomic E-state index is 0.125. The second kappa shape index (κ2) is 11.7. The van der Waals surface area contributed by atoms with Gasteiger partial charge in [-0.25, -0.2) is 4.68 Å². The summed E-state index contributed by atoms with van der Waals surface area (Å²) in [4.78, 5) is 23.7. The van der Waals surface area contributed by atoms with Gasteiger partial charge in [-0.1, -0.05) is 53.5 Å². The predicted octanol–water partition coefficient (Wildman–Crippen LogP) is 3.23. The highest BCUT2D eigenvalue weighted by molar-refractivity contribution is 6.42. The smallest absolute Gasteiger partial charge is 0.244 e. The quantitative estimate of drug-likeness (QED) is 0.378. The molecular weight excluding hydrogens is 467 g/mol. The molecule has 8 nitrogen and oxygen atoms in total.